The summed E-state index contributed by atoms with van der Waals surface area (Å²) in [6.45, 7) is 4.82. The number of Topliss-reactive ketones (excluding diaryl/α,β-unsaturated/α-hetero) is 1. The highest BCUT2D eigenvalue weighted by Gasteiger charge is 2.31. The number of hydrogen-bond donors (Lipinski definition) is 0. The highest BCUT2D eigenvalue weighted by molar-refractivity contribution is 5.88. The number of rotatable bonds is 10. The fourth-order valence-corrected chi connectivity index (χ4v) is 3.91. The summed E-state index contributed by atoms with van der Waals surface area (Å²) in [6, 6.07) is 17.6. The van der Waals surface area contributed by atoms with E-state index in [9.17, 15) is 14.4 Å². The maximum absolute atomic E-state index is 13.1. The van der Waals surface area contributed by atoms with Gasteiger partial charge in [-0.25, -0.2) is 0 Å². The highest BCUT2D eigenvalue weighted by Crippen LogP contribution is 2.17. The molecule has 2 aromatic carbocycles. The van der Waals surface area contributed by atoms with E-state index in [1.54, 1.807) is 23.8 Å². The van der Waals surface area contributed by atoms with Gasteiger partial charge in [0, 0.05) is 32.0 Å². The molecule has 0 aromatic heterocycles. The fourth-order valence-electron chi connectivity index (χ4n) is 3.91. The van der Waals surface area contributed by atoms with Crippen LogP contribution >= 0.6 is 0 Å². The summed E-state index contributed by atoms with van der Waals surface area (Å²) in [7, 11) is 1.62. The van der Waals surface area contributed by atoms with Gasteiger partial charge in [-0.05, 0) is 36.6 Å². The number of carbonyl (C=O) groups excluding carboxylic acids is 3. The Morgan fingerprint density at radius 2 is 1.79 bits per heavy atom. The quantitative estimate of drug-likeness (QED) is 0.538. The maximum Gasteiger partial charge on any atom is 0.242 e. The lowest BCUT2D eigenvalue weighted by molar-refractivity contribution is -0.140. The molecule has 1 saturated heterocycles. The number of hydrogen-bond acceptors (Lipinski definition) is 5. The van der Waals surface area contributed by atoms with Gasteiger partial charge in [-0.1, -0.05) is 49.4 Å². The Labute approximate surface area is 201 Å². The largest absolute Gasteiger partial charge is 0.497 e. The van der Waals surface area contributed by atoms with Crippen LogP contribution in [-0.2, 0) is 32.1 Å². The van der Waals surface area contributed by atoms with Gasteiger partial charge >= 0.3 is 0 Å². The molecule has 182 valence electrons. The Morgan fingerprint density at radius 3 is 2.50 bits per heavy atom. The van der Waals surface area contributed by atoms with E-state index in [-0.39, 0.29) is 42.6 Å². The molecule has 7 nitrogen and oxygen atoms in total. The number of amides is 2. The molecule has 34 heavy (non-hydrogen) atoms. The predicted molar refractivity (Wildman–Crippen MR) is 129 cm³/mol. The van der Waals surface area contributed by atoms with Crippen molar-refractivity contribution in [3.05, 3.63) is 65.7 Å². The molecular weight excluding hydrogens is 432 g/mol. The monoisotopic (exact) mass is 466 g/mol. The van der Waals surface area contributed by atoms with Crippen LogP contribution in [0.4, 0.5) is 0 Å². The summed E-state index contributed by atoms with van der Waals surface area (Å²) < 4.78 is 11.5. The zero-order chi connectivity index (χ0) is 24.5. The van der Waals surface area contributed by atoms with Crippen LogP contribution in [0.2, 0.25) is 0 Å². The van der Waals surface area contributed by atoms with Crippen molar-refractivity contribution < 1.29 is 23.9 Å². The minimum atomic E-state index is -0.379. The molecule has 3 rings (SSSR count). The summed E-state index contributed by atoms with van der Waals surface area (Å²) in [4.78, 5) is 41.0. The molecule has 0 spiro atoms. The minimum absolute atomic E-state index is 0.00271. The van der Waals surface area contributed by atoms with Gasteiger partial charge in [-0.2, -0.15) is 0 Å². The second kappa shape index (κ2) is 12.3. The van der Waals surface area contributed by atoms with Gasteiger partial charge in [0.15, 0.2) is 0 Å². The van der Waals surface area contributed by atoms with Crippen molar-refractivity contribution >= 4 is 17.6 Å². The molecule has 0 bridgehead atoms. The van der Waals surface area contributed by atoms with Crippen LogP contribution in [0.5, 0.6) is 5.75 Å². The molecule has 2 amide bonds. The standard InChI is InChI=1S/C27H34N2O5/c1-20(21(2)30)14-26(31)29-17-25(34-19-23-10-7-11-24(15-23)33-3)16-28(27(32)18-29)13-12-22-8-5-4-6-9-22/h4-11,15,20,25H,12-14,16-19H2,1-3H3/t20-,25-/m0/s1. The predicted octanol–water partition coefficient (Wildman–Crippen LogP) is 3.11. The summed E-state index contributed by atoms with van der Waals surface area (Å²) in [6.07, 6.45) is 0.477. The average Bonchev–Trinajstić information content (AvgIpc) is 3.00. The van der Waals surface area contributed by atoms with Gasteiger partial charge in [-0.15, -0.1) is 0 Å². The van der Waals surface area contributed by atoms with Crippen molar-refractivity contribution in [2.45, 2.75) is 39.4 Å². The van der Waals surface area contributed by atoms with Crippen molar-refractivity contribution in [2.75, 3.05) is 33.3 Å². The lowest BCUT2D eigenvalue weighted by Crippen LogP contribution is -2.40. The van der Waals surface area contributed by atoms with Crippen LogP contribution in [0.25, 0.3) is 0 Å². The summed E-state index contributed by atoms with van der Waals surface area (Å²) in [5.74, 6) is 0.0286. The average molecular weight is 467 g/mol. The van der Waals surface area contributed by atoms with Crippen LogP contribution in [0.1, 0.15) is 31.4 Å². The second-order valence-corrected chi connectivity index (χ2v) is 8.85. The normalized spacial score (nSPS) is 17.3. The minimum Gasteiger partial charge on any atom is -0.497 e. The summed E-state index contributed by atoms with van der Waals surface area (Å²) in [5.41, 5.74) is 2.10. The van der Waals surface area contributed by atoms with Crippen LogP contribution < -0.4 is 4.74 Å². The van der Waals surface area contributed by atoms with Gasteiger partial charge in [0.1, 0.15) is 11.5 Å². The zero-order valence-corrected chi connectivity index (χ0v) is 20.2. The van der Waals surface area contributed by atoms with Crippen LogP contribution in [-0.4, -0.2) is 66.8 Å². The third kappa shape index (κ3) is 7.42. The third-order valence-corrected chi connectivity index (χ3v) is 6.19. The Balaban J connectivity index is 1.71. The molecule has 0 N–H and O–H groups in total. The topological polar surface area (TPSA) is 76.2 Å². The molecule has 0 aliphatic carbocycles. The molecule has 0 saturated carbocycles. The Kier molecular flexibility index (Phi) is 9.22. The van der Waals surface area contributed by atoms with Crippen LogP contribution in [0, 0.1) is 5.92 Å². The number of benzene rings is 2. The fraction of sp³-hybridized carbons (Fsp3) is 0.444. The third-order valence-electron chi connectivity index (χ3n) is 6.19. The SMILES string of the molecule is COc1cccc(CO[C@H]2CN(CCc3ccccc3)C(=O)CN(C(=O)C[C@H](C)C(C)=O)C2)c1. The van der Waals surface area contributed by atoms with Gasteiger partial charge in [0.05, 0.1) is 26.4 Å². The first-order chi connectivity index (χ1) is 16.4. The highest BCUT2D eigenvalue weighted by atomic mass is 16.5. The first-order valence-corrected chi connectivity index (χ1v) is 11.7. The van der Waals surface area contributed by atoms with E-state index in [0.29, 0.717) is 26.2 Å². The van der Waals surface area contributed by atoms with Gasteiger partial charge in [0.2, 0.25) is 11.8 Å². The first kappa shape index (κ1) is 25.4. The van der Waals surface area contributed by atoms with Crippen molar-refractivity contribution in [1.82, 2.24) is 9.80 Å². The molecule has 1 heterocycles. The molecular formula is C27H34N2O5. The first-order valence-electron chi connectivity index (χ1n) is 11.7. The van der Waals surface area contributed by atoms with E-state index < -0.39 is 0 Å². The zero-order valence-electron chi connectivity index (χ0n) is 20.2. The van der Waals surface area contributed by atoms with Crippen molar-refractivity contribution in [1.29, 1.82) is 0 Å². The Morgan fingerprint density at radius 1 is 1.06 bits per heavy atom. The second-order valence-electron chi connectivity index (χ2n) is 8.85. The van der Waals surface area contributed by atoms with E-state index in [4.69, 9.17) is 9.47 Å². The summed E-state index contributed by atoms with van der Waals surface area (Å²) >= 11 is 0. The van der Waals surface area contributed by atoms with Crippen LogP contribution in [0.3, 0.4) is 0 Å². The lowest BCUT2D eigenvalue weighted by atomic mass is 10.0. The van der Waals surface area contributed by atoms with E-state index >= 15 is 0 Å². The molecule has 1 aliphatic heterocycles. The van der Waals surface area contributed by atoms with Crippen molar-refractivity contribution in [3.8, 4) is 5.75 Å². The summed E-state index contributed by atoms with van der Waals surface area (Å²) in [5, 5.41) is 0. The number of ketones is 1. The van der Waals surface area contributed by atoms with Crippen molar-refractivity contribution in [2.24, 2.45) is 5.92 Å². The van der Waals surface area contributed by atoms with E-state index in [2.05, 4.69) is 0 Å². The molecule has 7 heteroatoms. The number of nitrogens with zero attached hydrogens (tertiary/aromatic N) is 2. The smallest absolute Gasteiger partial charge is 0.242 e. The number of ether oxygens (including phenoxy) is 2. The van der Waals surface area contributed by atoms with Crippen molar-refractivity contribution in [3.63, 3.8) is 0 Å². The van der Waals surface area contributed by atoms with Crippen LogP contribution in [0.15, 0.2) is 54.6 Å². The Bertz CT molecular complexity index is 978. The molecule has 2 atom stereocenters. The van der Waals surface area contributed by atoms with Gasteiger partial charge < -0.3 is 19.3 Å². The van der Waals surface area contributed by atoms with E-state index in [0.717, 1.165) is 23.3 Å². The molecule has 0 radical (unpaired) electrons. The number of methoxy groups -OCH3 is 1. The van der Waals surface area contributed by atoms with E-state index in [1.807, 2.05) is 54.6 Å². The molecule has 2 aromatic rings. The number of carbonyl (C=O) groups is 3. The maximum atomic E-state index is 13.1. The van der Waals surface area contributed by atoms with E-state index in [1.165, 1.54) is 6.92 Å². The Hall–Kier alpha value is -3.19. The molecule has 1 aliphatic rings. The van der Waals surface area contributed by atoms with Gasteiger partial charge in [-0.3, -0.25) is 14.4 Å². The molecule has 1 fully saturated rings. The van der Waals surface area contributed by atoms with Gasteiger partial charge in [0.25, 0.3) is 0 Å². The molecule has 0 unspecified atom stereocenters. The lowest BCUT2D eigenvalue weighted by Gasteiger charge is -2.25.